The Morgan fingerprint density at radius 3 is 2.54 bits per heavy atom. The van der Waals surface area contributed by atoms with Gasteiger partial charge in [-0.15, -0.1) is 11.3 Å². The molecule has 1 unspecified atom stereocenters. The molecule has 2 aromatic rings. The first-order valence-electron chi connectivity index (χ1n) is 9.48. The average Bonchev–Trinajstić information content (AvgIpc) is 3.15. The molecule has 6 nitrogen and oxygen atoms in total. The molecule has 1 atom stereocenters. The predicted molar refractivity (Wildman–Crippen MR) is 105 cm³/mol. The number of carboxylic acids is 1. The standard InChI is InChI=1S/C21H23NO5S/c1-13(14-2-4-16(23)5-3-14)19(24)22-9-7-21(8-10-22)18-15(6-11-27-21)12-17(28-18)20(25)26/h2-5,12-13,23H,6-11H2,1H3,(H,25,26). The van der Waals surface area contributed by atoms with Gasteiger partial charge in [-0.3, -0.25) is 4.79 Å². The van der Waals surface area contributed by atoms with Gasteiger partial charge in [0.15, 0.2) is 0 Å². The molecule has 0 saturated carbocycles. The quantitative estimate of drug-likeness (QED) is 0.824. The number of carboxylic acid groups (broad SMARTS) is 1. The van der Waals surface area contributed by atoms with E-state index >= 15 is 0 Å². The largest absolute Gasteiger partial charge is 0.508 e. The molecule has 28 heavy (non-hydrogen) atoms. The SMILES string of the molecule is CC(C(=O)N1CCC2(CC1)OCCc1cc(C(=O)O)sc12)c1ccc(O)cc1. The lowest BCUT2D eigenvalue weighted by Crippen LogP contribution is -2.48. The average molecular weight is 401 g/mol. The van der Waals surface area contributed by atoms with Crippen LogP contribution in [-0.2, 0) is 21.6 Å². The van der Waals surface area contributed by atoms with Crippen molar-refractivity contribution in [2.45, 2.75) is 37.7 Å². The Labute approximate surface area is 167 Å². The Hall–Kier alpha value is -2.38. The van der Waals surface area contributed by atoms with E-state index in [0.29, 0.717) is 37.4 Å². The Bertz CT molecular complexity index is 896. The first-order valence-corrected chi connectivity index (χ1v) is 10.3. The molecule has 1 aromatic heterocycles. The van der Waals surface area contributed by atoms with Gasteiger partial charge in [0.25, 0.3) is 0 Å². The maximum Gasteiger partial charge on any atom is 0.345 e. The molecule has 7 heteroatoms. The van der Waals surface area contributed by atoms with Gasteiger partial charge in [-0.05, 0) is 55.5 Å². The number of rotatable bonds is 3. The highest BCUT2D eigenvalue weighted by atomic mass is 32.1. The fourth-order valence-electron chi connectivity index (χ4n) is 4.17. The minimum Gasteiger partial charge on any atom is -0.508 e. The van der Waals surface area contributed by atoms with Crippen LogP contribution in [0.15, 0.2) is 30.3 Å². The van der Waals surface area contributed by atoms with Crippen LogP contribution >= 0.6 is 11.3 Å². The van der Waals surface area contributed by atoms with Crippen molar-refractivity contribution in [3.63, 3.8) is 0 Å². The molecule has 0 radical (unpaired) electrons. The summed E-state index contributed by atoms with van der Waals surface area (Å²) in [5.74, 6) is -0.929. The molecule has 1 fully saturated rings. The van der Waals surface area contributed by atoms with Gasteiger partial charge in [-0.25, -0.2) is 4.79 Å². The highest BCUT2D eigenvalue weighted by Gasteiger charge is 2.44. The summed E-state index contributed by atoms with van der Waals surface area (Å²) in [6.07, 6.45) is 2.09. The summed E-state index contributed by atoms with van der Waals surface area (Å²) in [5.41, 5.74) is 1.49. The van der Waals surface area contributed by atoms with Crippen molar-refractivity contribution in [3.8, 4) is 5.75 Å². The number of carbonyl (C=O) groups excluding carboxylic acids is 1. The highest BCUT2D eigenvalue weighted by Crippen LogP contribution is 2.45. The molecule has 1 amide bonds. The molecule has 1 saturated heterocycles. The van der Waals surface area contributed by atoms with Gasteiger partial charge in [-0.1, -0.05) is 12.1 Å². The first kappa shape index (κ1) is 19.0. The summed E-state index contributed by atoms with van der Waals surface area (Å²) in [4.78, 5) is 27.6. The fourth-order valence-corrected chi connectivity index (χ4v) is 5.42. The number of ether oxygens (including phenoxy) is 1. The monoisotopic (exact) mass is 401 g/mol. The third kappa shape index (κ3) is 3.29. The zero-order valence-corrected chi connectivity index (χ0v) is 16.5. The van der Waals surface area contributed by atoms with Gasteiger partial charge in [0, 0.05) is 18.0 Å². The molecule has 2 aliphatic rings. The lowest BCUT2D eigenvalue weighted by molar-refractivity contribution is -0.141. The van der Waals surface area contributed by atoms with Crippen LogP contribution < -0.4 is 0 Å². The Morgan fingerprint density at radius 1 is 1.21 bits per heavy atom. The highest BCUT2D eigenvalue weighted by molar-refractivity contribution is 7.14. The third-order valence-corrected chi connectivity index (χ3v) is 7.18. The number of benzene rings is 1. The molecular formula is C21H23NO5S. The van der Waals surface area contributed by atoms with Gasteiger partial charge >= 0.3 is 5.97 Å². The number of carbonyl (C=O) groups is 2. The number of thiophene rings is 1. The van der Waals surface area contributed by atoms with E-state index in [1.807, 2.05) is 11.8 Å². The van der Waals surface area contributed by atoms with Crippen molar-refractivity contribution in [1.82, 2.24) is 4.90 Å². The molecule has 0 aliphatic carbocycles. The van der Waals surface area contributed by atoms with Crippen LogP contribution in [0.1, 0.15) is 51.4 Å². The van der Waals surface area contributed by atoms with Crippen LogP contribution in [0.4, 0.5) is 0 Å². The number of hydrogen-bond acceptors (Lipinski definition) is 5. The number of piperidine rings is 1. The van der Waals surface area contributed by atoms with Crippen LogP contribution in [-0.4, -0.2) is 46.7 Å². The zero-order chi connectivity index (χ0) is 19.9. The van der Waals surface area contributed by atoms with Gasteiger partial charge < -0.3 is 19.8 Å². The summed E-state index contributed by atoms with van der Waals surface area (Å²) in [6, 6.07) is 8.52. The summed E-state index contributed by atoms with van der Waals surface area (Å²) >= 11 is 1.31. The van der Waals surface area contributed by atoms with Gasteiger partial charge in [-0.2, -0.15) is 0 Å². The number of hydrogen-bond donors (Lipinski definition) is 2. The minimum absolute atomic E-state index is 0.0639. The molecule has 3 heterocycles. The number of fused-ring (bicyclic) bond motifs is 2. The number of likely N-dealkylation sites (tertiary alicyclic amines) is 1. The first-order chi connectivity index (χ1) is 13.4. The normalized spacial score (nSPS) is 19.2. The van der Waals surface area contributed by atoms with Crippen molar-refractivity contribution >= 4 is 23.2 Å². The van der Waals surface area contributed by atoms with Crippen LogP contribution in [0.25, 0.3) is 0 Å². The molecule has 1 spiro atoms. The molecule has 148 valence electrons. The van der Waals surface area contributed by atoms with Crippen LogP contribution in [0.5, 0.6) is 5.75 Å². The van der Waals surface area contributed by atoms with E-state index < -0.39 is 11.6 Å². The Kier molecular flexibility index (Phi) is 4.89. The van der Waals surface area contributed by atoms with Crippen molar-refractivity contribution in [2.75, 3.05) is 19.7 Å². The second-order valence-corrected chi connectivity index (χ2v) is 8.55. The van der Waals surface area contributed by atoms with E-state index in [2.05, 4.69) is 0 Å². The Balaban J connectivity index is 1.48. The summed E-state index contributed by atoms with van der Waals surface area (Å²) in [5, 5.41) is 18.8. The van der Waals surface area contributed by atoms with E-state index in [0.717, 1.165) is 22.4 Å². The second kappa shape index (κ2) is 7.22. The Morgan fingerprint density at radius 2 is 1.89 bits per heavy atom. The van der Waals surface area contributed by atoms with Gasteiger partial charge in [0.1, 0.15) is 16.2 Å². The van der Waals surface area contributed by atoms with Crippen LogP contribution in [0.3, 0.4) is 0 Å². The van der Waals surface area contributed by atoms with Crippen molar-refractivity contribution in [1.29, 1.82) is 0 Å². The fraction of sp³-hybridized carbons (Fsp3) is 0.429. The summed E-state index contributed by atoms with van der Waals surface area (Å²) in [6.45, 7) is 3.63. The molecule has 2 N–H and O–H groups in total. The molecule has 2 aliphatic heterocycles. The molecule has 4 rings (SSSR count). The van der Waals surface area contributed by atoms with Crippen molar-refractivity contribution < 1.29 is 24.5 Å². The van der Waals surface area contributed by atoms with E-state index in [-0.39, 0.29) is 17.6 Å². The zero-order valence-electron chi connectivity index (χ0n) is 15.7. The molecular weight excluding hydrogens is 378 g/mol. The van der Waals surface area contributed by atoms with E-state index in [1.54, 1.807) is 30.3 Å². The van der Waals surface area contributed by atoms with E-state index in [9.17, 15) is 19.8 Å². The summed E-state index contributed by atoms with van der Waals surface area (Å²) in [7, 11) is 0. The van der Waals surface area contributed by atoms with E-state index in [4.69, 9.17) is 4.74 Å². The number of phenolic OH excluding ortho intramolecular Hbond substituents is 1. The topological polar surface area (TPSA) is 87.1 Å². The molecule has 0 bridgehead atoms. The van der Waals surface area contributed by atoms with Crippen molar-refractivity contribution in [2.24, 2.45) is 0 Å². The van der Waals surface area contributed by atoms with Crippen LogP contribution in [0.2, 0.25) is 0 Å². The predicted octanol–water partition coefficient (Wildman–Crippen LogP) is 3.35. The number of aromatic hydroxyl groups is 1. The second-order valence-electron chi connectivity index (χ2n) is 7.50. The van der Waals surface area contributed by atoms with Crippen molar-refractivity contribution in [3.05, 3.63) is 51.2 Å². The van der Waals surface area contributed by atoms with Gasteiger partial charge in [0.05, 0.1) is 12.5 Å². The van der Waals surface area contributed by atoms with Crippen LogP contribution in [0, 0.1) is 0 Å². The summed E-state index contributed by atoms with van der Waals surface area (Å²) < 4.78 is 6.16. The minimum atomic E-state index is -0.898. The number of amides is 1. The third-order valence-electron chi connectivity index (χ3n) is 5.83. The maximum atomic E-state index is 12.9. The van der Waals surface area contributed by atoms with E-state index in [1.165, 1.54) is 11.3 Å². The maximum absolute atomic E-state index is 12.9. The number of aromatic carboxylic acids is 1. The number of nitrogens with zero attached hydrogens (tertiary/aromatic N) is 1. The molecule has 1 aromatic carbocycles. The van der Waals surface area contributed by atoms with Gasteiger partial charge in [0.2, 0.25) is 5.91 Å². The lowest BCUT2D eigenvalue weighted by atomic mass is 9.84. The lowest BCUT2D eigenvalue weighted by Gasteiger charge is -2.44. The number of phenols is 1. The smallest absolute Gasteiger partial charge is 0.345 e.